The van der Waals surface area contributed by atoms with Crippen molar-refractivity contribution in [3.63, 3.8) is 0 Å². The Hall–Kier alpha value is -4.11. The van der Waals surface area contributed by atoms with Crippen molar-refractivity contribution in [2.75, 3.05) is 0 Å². The summed E-state index contributed by atoms with van der Waals surface area (Å²) in [5.41, 5.74) is 0.286. The average molecular weight is 523 g/mol. The van der Waals surface area contributed by atoms with Gasteiger partial charge in [-0.2, -0.15) is 0 Å². The molecule has 0 saturated heterocycles. The maximum Gasteiger partial charge on any atom is 0.331 e. The van der Waals surface area contributed by atoms with E-state index in [1.54, 1.807) is 54.8 Å². The molecule has 10 heteroatoms. The number of hydrogen-bond acceptors (Lipinski definition) is 5. The lowest BCUT2D eigenvalue weighted by atomic mass is 10.2. The van der Waals surface area contributed by atoms with Crippen LogP contribution < -0.4 is 21.9 Å². The Balaban J connectivity index is 1.41. The van der Waals surface area contributed by atoms with E-state index >= 15 is 0 Å². The van der Waals surface area contributed by atoms with Gasteiger partial charge in [-0.1, -0.05) is 35.9 Å². The monoisotopic (exact) mass is 522 g/mol. The molecule has 0 atom stereocenters. The summed E-state index contributed by atoms with van der Waals surface area (Å²) in [7, 11) is 0. The predicted octanol–water partition coefficient (Wildman–Crippen LogP) is 3.21. The lowest BCUT2D eigenvalue weighted by molar-refractivity contribution is -0.122. The summed E-state index contributed by atoms with van der Waals surface area (Å²) in [6.07, 6.45) is 2.73. The number of carbonyl (C=O) groups is 2. The molecule has 0 fully saturated rings. The fourth-order valence-corrected chi connectivity index (χ4v) is 4.09. The molecule has 2 aromatic carbocycles. The second-order valence-electron chi connectivity index (χ2n) is 8.56. The topological polar surface area (TPSA) is 115 Å². The maximum atomic E-state index is 13.3. The van der Waals surface area contributed by atoms with Crippen LogP contribution in [0, 0.1) is 0 Å². The highest BCUT2D eigenvalue weighted by Gasteiger charge is 2.15. The van der Waals surface area contributed by atoms with Gasteiger partial charge < -0.3 is 15.1 Å². The second-order valence-corrected chi connectivity index (χ2v) is 9.00. The summed E-state index contributed by atoms with van der Waals surface area (Å²) in [4.78, 5) is 51.1. The Labute approximate surface area is 217 Å². The van der Waals surface area contributed by atoms with Crippen molar-refractivity contribution >= 4 is 34.3 Å². The molecule has 2 amide bonds. The molecule has 37 heavy (non-hydrogen) atoms. The summed E-state index contributed by atoms with van der Waals surface area (Å²) in [5, 5.41) is 6.52. The Morgan fingerprint density at radius 3 is 2.35 bits per heavy atom. The predicted molar refractivity (Wildman–Crippen MR) is 140 cm³/mol. The SMILES string of the molecule is O=C(CCCCn1c(=O)c2ccccc2n(CC(=O)NCc2ccc(Cl)cc2)c1=O)NCc1ccco1. The van der Waals surface area contributed by atoms with Crippen LogP contribution in [0.1, 0.15) is 30.6 Å². The molecule has 0 spiro atoms. The van der Waals surface area contributed by atoms with Gasteiger partial charge in [-0.3, -0.25) is 23.5 Å². The summed E-state index contributed by atoms with van der Waals surface area (Å²) in [5.74, 6) is 0.159. The molecular formula is C27H27ClN4O5. The minimum Gasteiger partial charge on any atom is -0.467 e. The molecule has 192 valence electrons. The molecule has 4 aromatic rings. The van der Waals surface area contributed by atoms with Gasteiger partial charge in [-0.05, 0) is 54.8 Å². The van der Waals surface area contributed by atoms with Crippen LogP contribution in [-0.4, -0.2) is 20.9 Å². The van der Waals surface area contributed by atoms with Crippen molar-refractivity contribution in [3.05, 3.63) is 104 Å². The van der Waals surface area contributed by atoms with Crippen molar-refractivity contribution in [1.29, 1.82) is 0 Å². The molecular weight excluding hydrogens is 496 g/mol. The van der Waals surface area contributed by atoms with Gasteiger partial charge >= 0.3 is 5.69 Å². The van der Waals surface area contributed by atoms with Crippen molar-refractivity contribution in [3.8, 4) is 0 Å². The Kier molecular flexibility index (Phi) is 8.58. The quantitative estimate of drug-likeness (QED) is 0.293. The molecule has 2 heterocycles. The number of aromatic nitrogens is 2. The van der Waals surface area contributed by atoms with Gasteiger partial charge in [0.2, 0.25) is 11.8 Å². The molecule has 2 aromatic heterocycles. The fraction of sp³-hybridized carbons (Fsp3) is 0.259. The van der Waals surface area contributed by atoms with Crippen LogP contribution in [0.5, 0.6) is 0 Å². The van der Waals surface area contributed by atoms with Crippen LogP contribution >= 0.6 is 11.6 Å². The van der Waals surface area contributed by atoms with Crippen molar-refractivity contribution < 1.29 is 14.0 Å². The zero-order chi connectivity index (χ0) is 26.2. The Morgan fingerprint density at radius 1 is 0.838 bits per heavy atom. The molecule has 9 nitrogen and oxygen atoms in total. The Bertz CT molecular complexity index is 1490. The lowest BCUT2D eigenvalue weighted by Gasteiger charge is -2.14. The number of rotatable bonds is 11. The first kappa shape index (κ1) is 26.0. The average Bonchev–Trinajstić information content (AvgIpc) is 3.43. The first-order valence-corrected chi connectivity index (χ1v) is 12.3. The minimum absolute atomic E-state index is 0.139. The molecule has 0 aliphatic rings. The van der Waals surface area contributed by atoms with Crippen LogP contribution in [0.3, 0.4) is 0 Å². The third kappa shape index (κ3) is 6.77. The number of nitrogens with zero attached hydrogens (tertiary/aromatic N) is 2. The van der Waals surface area contributed by atoms with Crippen LogP contribution in [-0.2, 0) is 35.8 Å². The molecule has 2 N–H and O–H groups in total. The third-order valence-electron chi connectivity index (χ3n) is 5.91. The second kappa shape index (κ2) is 12.2. The van der Waals surface area contributed by atoms with Crippen molar-refractivity contribution in [2.45, 2.75) is 45.4 Å². The molecule has 0 aliphatic carbocycles. The van der Waals surface area contributed by atoms with Gasteiger partial charge in [0.25, 0.3) is 5.56 Å². The molecule has 0 radical (unpaired) electrons. The lowest BCUT2D eigenvalue weighted by Crippen LogP contribution is -2.42. The number of unbranched alkanes of at least 4 members (excludes halogenated alkanes) is 1. The number of benzene rings is 2. The van der Waals surface area contributed by atoms with Gasteiger partial charge in [0.1, 0.15) is 12.3 Å². The van der Waals surface area contributed by atoms with E-state index in [9.17, 15) is 19.2 Å². The number of halogens is 1. The van der Waals surface area contributed by atoms with Crippen molar-refractivity contribution in [1.82, 2.24) is 19.8 Å². The third-order valence-corrected chi connectivity index (χ3v) is 6.16. The summed E-state index contributed by atoms with van der Waals surface area (Å²) in [6, 6.07) is 17.3. The van der Waals surface area contributed by atoms with Crippen LogP contribution in [0.25, 0.3) is 10.9 Å². The molecule has 0 unspecified atom stereocenters. The van der Waals surface area contributed by atoms with Gasteiger partial charge in [0.05, 0.1) is 23.7 Å². The zero-order valence-electron chi connectivity index (χ0n) is 20.1. The molecule has 0 aliphatic heterocycles. The number of fused-ring (bicyclic) bond motifs is 1. The standard InChI is InChI=1S/C27H27ClN4O5/c28-20-12-10-19(11-13-20)16-29-25(34)18-32-23-8-2-1-7-22(23)26(35)31(27(32)36)14-4-3-9-24(33)30-17-21-6-5-15-37-21/h1-2,5-8,10-13,15H,3-4,9,14,16-18H2,(H,29,34)(H,30,33). The Morgan fingerprint density at radius 2 is 1.59 bits per heavy atom. The molecule has 0 saturated carbocycles. The maximum absolute atomic E-state index is 13.3. The van der Waals surface area contributed by atoms with E-state index in [0.717, 1.165) is 10.1 Å². The number of carbonyl (C=O) groups excluding carboxylic acids is 2. The van der Waals surface area contributed by atoms with Gasteiger partial charge in [-0.15, -0.1) is 0 Å². The number of para-hydroxylation sites is 1. The van der Waals surface area contributed by atoms with Gasteiger partial charge in [-0.25, -0.2) is 4.79 Å². The number of furan rings is 1. The van der Waals surface area contributed by atoms with Gasteiger partial charge in [0, 0.05) is 24.5 Å². The van der Waals surface area contributed by atoms with E-state index < -0.39 is 11.2 Å². The highest BCUT2D eigenvalue weighted by Crippen LogP contribution is 2.10. The zero-order valence-corrected chi connectivity index (χ0v) is 20.9. The molecule has 4 rings (SSSR count). The number of amides is 2. The minimum atomic E-state index is -0.562. The van der Waals surface area contributed by atoms with E-state index in [1.807, 2.05) is 12.1 Å². The number of hydrogen-bond donors (Lipinski definition) is 2. The highest BCUT2D eigenvalue weighted by molar-refractivity contribution is 6.30. The summed E-state index contributed by atoms with van der Waals surface area (Å²) >= 11 is 5.90. The smallest absolute Gasteiger partial charge is 0.331 e. The summed E-state index contributed by atoms with van der Waals surface area (Å²) in [6.45, 7) is 0.494. The van der Waals surface area contributed by atoms with Crippen LogP contribution in [0.15, 0.2) is 80.9 Å². The first-order valence-electron chi connectivity index (χ1n) is 11.9. The van der Waals surface area contributed by atoms with Crippen LogP contribution in [0.2, 0.25) is 5.02 Å². The number of nitrogens with one attached hydrogen (secondary N) is 2. The van der Waals surface area contributed by atoms with E-state index in [4.69, 9.17) is 16.0 Å². The van der Waals surface area contributed by atoms with E-state index in [-0.39, 0.29) is 37.9 Å². The van der Waals surface area contributed by atoms with Crippen LogP contribution in [0.4, 0.5) is 0 Å². The van der Waals surface area contributed by atoms with E-state index in [2.05, 4.69) is 10.6 Å². The highest BCUT2D eigenvalue weighted by atomic mass is 35.5. The van der Waals surface area contributed by atoms with E-state index in [1.165, 1.54) is 4.57 Å². The van der Waals surface area contributed by atoms with Crippen molar-refractivity contribution in [2.24, 2.45) is 0 Å². The first-order chi connectivity index (χ1) is 17.9. The summed E-state index contributed by atoms with van der Waals surface area (Å²) < 4.78 is 7.63. The largest absolute Gasteiger partial charge is 0.467 e. The normalized spacial score (nSPS) is 10.9. The molecule has 0 bridgehead atoms. The van der Waals surface area contributed by atoms with Gasteiger partial charge in [0.15, 0.2) is 0 Å². The van der Waals surface area contributed by atoms with E-state index in [0.29, 0.717) is 41.1 Å². The fourth-order valence-electron chi connectivity index (χ4n) is 3.97.